The number of pyridine rings is 1. The molecule has 1 amide bonds. The van der Waals surface area contributed by atoms with Crippen LogP contribution >= 0.6 is 0 Å². The van der Waals surface area contributed by atoms with Gasteiger partial charge in [0.1, 0.15) is 11.4 Å². The highest BCUT2D eigenvalue weighted by molar-refractivity contribution is 5.83. The molecule has 1 aromatic carbocycles. The molecule has 1 aromatic heterocycles. The summed E-state index contributed by atoms with van der Waals surface area (Å²) in [7, 11) is 0. The standard InChI is InChI=1S/C23H26N2O4/c1-16-5-4-7-18(24-16)13-27-19-9-10-28-23(12-19)14-25(15-23)22(26)21-11-17-6-2-3-8-20(17)29-21/h2-8,19,21H,9-15H2,1H3/t19-,21-/m1/s1. The Labute approximate surface area is 170 Å². The summed E-state index contributed by atoms with van der Waals surface area (Å²) in [5, 5.41) is 0. The number of likely N-dealkylation sites (tertiary alicyclic amines) is 1. The number of rotatable bonds is 4. The number of amides is 1. The Morgan fingerprint density at radius 2 is 2.10 bits per heavy atom. The molecule has 2 fully saturated rings. The zero-order valence-corrected chi connectivity index (χ0v) is 16.7. The van der Waals surface area contributed by atoms with E-state index in [-0.39, 0.29) is 17.6 Å². The number of ether oxygens (including phenoxy) is 3. The summed E-state index contributed by atoms with van der Waals surface area (Å²) < 4.78 is 18.1. The number of hydrogen-bond donors (Lipinski definition) is 0. The van der Waals surface area contributed by atoms with Crippen LogP contribution in [-0.2, 0) is 27.3 Å². The van der Waals surface area contributed by atoms with Gasteiger partial charge in [-0.25, -0.2) is 0 Å². The van der Waals surface area contributed by atoms with Crippen LogP contribution in [0, 0.1) is 6.92 Å². The Bertz CT molecular complexity index is 884. The van der Waals surface area contributed by atoms with Crippen LogP contribution in [0.15, 0.2) is 42.5 Å². The van der Waals surface area contributed by atoms with E-state index >= 15 is 0 Å². The maximum Gasteiger partial charge on any atom is 0.264 e. The van der Waals surface area contributed by atoms with E-state index in [1.807, 2.05) is 54.3 Å². The average molecular weight is 394 g/mol. The van der Waals surface area contributed by atoms with Crippen molar-refractivity contribution in [1.82, 2.24) is 9.88 Å². The predicted octanol–water partition coefficient (Wildman–Crippen LogP) is 2.67. The van der Waals surface area contributed by atoms with Crippen LogP contribution in [0.25, 0.3) is 0 Å². The maximum absolute atomic E-state index is 12.9. The van der Waals surface area contributed by atoms with Gasteiger partial charge in [-0.15, -0.1) is 0 Å². The molecule has 0 bridgehead atoms. The second-order valence-electron chi connectivity index (χ2n) is 8.34. The number of fused-ring (bicyclic) bond motifs is 1. The largest absolute Gasteiger partial charge is 0.480 e. The summed E-state index contributed by atoms with van der Waals surface area (Å²) in [5.74, 6) is 0.885. The van der Waals surface area contributed by atoms with Crippen molar-refractivity contribution in [1.29, 1.82) is 0 Å². The zero-order valence-electron chi connectivity index (χ0n) is 16.7. The second-order valence-corrected chi connectivity index (χ2v) is 8.34. The second kappa shape index (κ2) is 7.43. The Morgan fingerprint density at radius 1 is 1.24 bits per heavy atom. The number of para-hydroxylation sites is 1. The first-order chi connectivity index (χ1) is 14.1. The van der Waals surface area contributed by atoms with E-state index < -0.39 is 6.10 Å². The van der Waals surface area contributed by atoms with Crippen molar-refractivity contribution in [3.63, 3.8) is 0 Å². The van der Waals surface area contributed by atoms with Gasteiger partial charge >= 0.3 is 0 Å². The number of benzene rings is 1. The third kappa shape index (κ3) is 3.74. The van der Waals surface area contributed by atoms with Gasteiger partial charge in [-0.3, -0.25) is 9.78 Å². The number of aryl methyl sites for hydroxylation is 1. The number of aromatic nitrogens is 1. The van der Waals surface area contributed by atoms with Crippen molar-refractivity contribution in [3.05, 3.63) is 59.4 Å². The summed E-state index contributed by atoms with van der Waals surface area (Å²) in [6, 6.07) is 13.9. The van der Waals surface area contributed by atoms with Crippen molar-refractivity contribution < 1.29 is 19.0 Å². The third-order valence-electron chi connectivity index (χ3n) is 6.05. The molecular weight excluding hydrogens is 368 g/mol. The van der Waals surface area contributed by atoms with E-state index in [1.165, 1.54) is 0 Å². The van der Waals surface area contributed by atoms with Gasteiger partial charge in [0.2, 0.25) is 0 Å². The first-order valence-corrected chi connectivity index (χ1v) is 10.3. The molecule has 6 heteroatoms. The predicted molar refractivity (Wildman–Crippen MR) is 107 cm³/mol. The van der Waals surface area contributed by atoms with E-state index in [9.17, 15) is 4.79 Å². The first kappa shape index (κ1) is 18.6. The quantitative estimate of drug-likeness (QED) is 0.798. The Balaban J connectivity index is 1.14. The molecule has 152 valence electrons. The van der Waals surface area contributed by atoms with E-state index in [2.05, 4.69) is 4.98 Å². The van der Waals surface area contributed by atoms with Gasteiger partial charge in [0.05, 0.1) is 31.5 Å². The van der Waals surface area contributed by atoms with Crippen molar-refractivity contribution in [2.45, 2.75) is 50.6 Å². The molecule has 0 aliphatic carbocycles. The lowest BCUT2D eigenvalue weighted by atomic mass is 9.84. The summed E-state index contributed by atoms with van der Waals surface area (Å²) in [6.07, 6.45) is 2.06. The highest BCUT2D eigenvalue weighted by Gasteiger charge is 2.51. The van der Waals surface area contributed by atoms with Crippen LogP contribution in [0.1, 0.15) is 29.8 Å². The molecular formula is C23H26N2O4. The molecule has 3 aliphatic rings. The zero-order chi connectivity index (χ0) is 19.8. The fourth-order valence-electron chi connectivity index (χ4n) is 4.56. The molecule has 0 radical (unpaired) electrons. The number of hydrogen-bond acceptors (Lipinski definition) is 5. The van der Waals surface area contributed by atoms with Crippen LogP contribution in [-0.4, -0.2) is 53.3 Å². The van der Waals surface area contributed by atoms with Crippen LogP contribution in [0.4, 0.5) is 0 Å². The highest BCUT2D eigenvalue weighted by Crippen LogP contribution is 2.37. The number of carbonyl (C=O) groups excluding carboxylic acids is 1. The number of carbonyl (C=O) groups is 1. The van der Waals surface area contributed by atoms with Crippen LogP contribution in [0.2, 0.25) is 0 Å². The fraction of sp³-hybridized carbons (Fsp3) is 0.478. The van der Waals surface area contributed by atoms with Gasteiger partial charge in [0.25, 0.3) is 5.91 Å². The van der Waals surface area contributed by atoms with Crippen molar-refractivity contribution >= 4 is 5.91 Å². The molecule has 0 N–H and O–H groups in total. The smallest absolute Gasteiger partial charge is 0.264 e. The minimum Gasteiger partial charge on any atom is -0.480 e. The third-order valence-corrected chi connectivity index (χ3v) is 6.05. The van der Waals surface area contributed by atoms with Gasteiger partial charge in [-0.1, -0.05) is 24.3 Å². The summed E-state index contributed by atoms with van der Waals surface area (Å²) in [4.78, 5) is 19.2. The van der Waals surface area contributed by atoms with E-state index in [0.717, 1.165) is 35.5 Å². The van der Waals surface area contributed by atoms with Crippen LogP contribution in [0.5, 0.6) is 5.75 Å². The van der Waals surface area contributed by atoms with E-state index in [4.69, 9.17) is 14.2 Å². The molecule has 0 saturated carbocycles. The van der Waals surface area contributed by atoms with Crippen molar-refractivity contribution in [2.24, 2.45) is 0 Å². The fourth-order valence-corrected chi connectivity index (χ4v) is 4.56. The van der Waals surface area contributed by atoms with Crippen molar-refractivity contribution in [2.75, 3.05) is 19.7 Å². The Morgan fingerprint density at radius 3 is 2.93 bits per heavy atom. The van der Waals surface area contributed by atoms with Crippen molar-refractivity contribution in [3.8, 4) is 5.75 Å². The summed E-state index contributed by atoms with van der Waals surface area (Å²) >= 11 is 0. The normalized spacial score (nSPS) is 24.7. The Kier molecular flexibility index (Phi) is 4.76. The van der Waals surface area contributed by atoms with Crippen LogP contribution < -0.4 is 4.74 Å². The SMILES string of the molecule is Cc1cccc(CO[C@@H]2CCOC3(C2)CN(C(=O)[C@H]2Cc4ccccc4O2)C3)n1. The van der Waals surface area contributed by atoms with Gasteiger partial charge in [-0.05, 0) is 37.1 Å². The van der Waals surface area contributed by atoms with Gasteiger partial charge in [-0.2, -0.15) is 0 Å². The topological polar surface area (TPSA) is 60.9 Å². The Hall–Kier alpha value is -2.44. The van der Waals surface area contributed by atoms with E-state index in [1.54, 1.807) is 0 Å². The van der Waals surface area contributed by atoms with Gasteiger partial charge in [0.15, 0.2) is 6.10 Å². The lowest BCUT2D eigenvalue weighted by Crippen LogP contribution is -2.68. The molecule has 3 aliphatic heterocycles. The van der Waals surface area contributed by atoms with E-state index in [0.29, 0.717) is 32.7 Å². The summed E-state index contributed by atoms with van der Waals surface area (Å²) in [6.45, 7) is 4.40. The molecule has 2 aromatic rings. The average Bonchev–Trinajstić information content (AvgIpc) is 3.14. The molecule has 0 unspecified atom stereocenters. The van der Waals surface area contributed by atoms with Gasteiger partial charge < -0.3 is 19.1 Å². The minimum absolute atomic E-state index is 0.0578. The minimum atomic E-state index is -0.409. The maximum atomic E-state index is 12.9. The molecule has 4 heterocycles. The molecule has 2 atom stereocenters. The lowest BCUT2D eigenvalue weighted by molar-refractivity contribution is -0.205. The van der Waals surface area contributed by atoms with Crippen LogP contribution in [0.3, 0.4) is 0 Å². The monoisotopic (exact) mass is 394 g/mol. The lowest BCUT2D eigenvalue weighted by Gasteiger charge is -2.53. The molecule has 29 heavy (non-hydrogen) atoms. The molecule has 1 spiro atoms. The number of nitrogens with zero attached hydrogens (tertiary/aromatic N) is 2. The first-order valence-electron chi connectivity index (χ1n) is 10.3. The molecule has 5 rings (SSSR count). The highest BCUT2D eigenvalue weighted by atomic mass is 16.5. The summed E-state index contributed by atoms with van der Waals surface area (Å²) in [5.41, 5.74) is 2.78. The van der Waals surface area contributed by atoms with Gasteiger partial charge in [0, 0.05) is 25.1 Å². The molecule has 2 saturated heterocycles. The molecule has 6 nitrogen and oxygen atoms in total.